The van der Waals surface area contributed by atoms with Gasteiger partial charge < -0.3 is 80.5 Å². The lowest BCUT2D eigenvalue weighted by atomic mass is 9.86. The smallest absolute Gasteiger partial charge is 0.333 e. The summed E-state index contributed by atoms with van der Waals surface area (Å²) in [5.74, 6) is 1.86. The zero-order chi connectivity index (χ0) is 92.1. The van der Waals surface area contributed by atoms with Gasteiger partial charge in [0.15, 0.2) is 46.0 Å². The first-order valence-corrected chi connectivity index (χ1v) is 43.7. The Bertz CT molecular complexity index is 5030. The molecule has 5 unspecified atom stereocenters. The predicted molar refractivity (Wildman–Crippen MR) is 483 cm³/mol. The van der Waals surface area contributed by atoms with Crippen LogP contribution in [0.4, 0.5) is 0 Å². The Morgan fingerprint density at radius 2 is 0.792 bits per heavy atom. The van der Waals surface area contributed by atoms with Crippen LogP contribution in [0.3, 0.4) is 0 Å². The molecule has 13 rings (SSSR count). The SMILES string of the molecule is C=C(C)C(=O)OC(C)(CCC)c1cc2c(c3c1OC(C)(C)O3)OC(C)(C)O2.C=C(C)C(=O)OC(C)(CCC)c1cc2c(c3ccccc13)OC1(CCCC1)O2.C=C(C)C(=O)OC(C)(CCC)c1ccc(OC(C)(C)OCC)cc1.C=C(C)C(=O)OC(C)(CCC)c1ccc2c(c1)OC1(CCCC1)O2.C=C/C=C/CC(C)(OC(=O)C(=C)C)c1ccc2c(c1)OCO2. The highest BCUT2D eigenvalue weighted by atomic mass is 16.8. The quantitative estimate of drug-likeness (QED) is 0.0134. The Labute approximate surface area is 739 Å². The highest BCUT2D eigenvalue weighted by Crippen LogP contribution is 2.60. The molecule has 5 aliphatic heterocycles. The van der Waals surface area contributed by atoms with E-state index in [2.05, 4.69) is 72.4 Å². The Morgan fingerprint density at radius 3 is 1.30 bits per heavy atom. The number of hydrogen-bond acceptors (Lipinski definition) is 22. The van der Waals surface area contributed by atoms with Crippen LogP contribution >= 0.6 is 0 Å². The lowest BCUT2D eigenvalue weighted by molar-refractivity contribution is -0.156. The van der Waals surface area contributed by atoms with Crippen LogP contribution in [-0.4, -0.2) is 72.2 Å². The molecule has 6 aromatic rings. The molecule has 0 amide bonds. The minimum Gasteiger partial charge on any atom is -0.463 e. The topological polar surface area (TPSA) is 242 Å². The van der Waals surface area contributed by atoms with Gasteiger partial charge >= 0.3 is 29.8 Å². The van der Waals surface area contributed by atoms with Gasteiger partial charge in [-0.25, -0.2) is 24.0 Å². The maximum Gasteiger partial charge on any atom is 0.333 e. The molecule has 0 aromatic heterocycles. The van der Waals surface area contributed by atoms with Crippen LogP contribution in [0.1, 0.15) is 282 Å². The van der Waals surface area contributed by atoms with Gasteiger partial charge in [0, 0.05) is 125 Å². The van der Waals surface area contributed by atoms with E-state index in [1.54, 1.807) is 40.7 Å². The van der Waals surface area contributed by atoms with Gasteiger partial charge in [0.05, 0.1) is 0 Å². The third-order valence-electron chi connectivity index (χ3n) is 22.4. The largest absolute Gasteiger partial charge is 0.463 e. The molecule has 2 fully saturated rings. The zero-order valence-electron chi connectivity index (χ0n) is 77.6. The van der Waals surface area contributed by atoms with Gasteiger partial charge in [-0.3, -0.25) is 0 Å². The van der Waals surface area contributed by atoms with Crippen LogP contribution in [0.15, 0.2) is 183 Å². The van der Waals surface area contributed by atoms with Gasteiger partial charge in [0.2, 0.25) is 35.7 Å². The Kier molecular flexibility index (Phi) is 31.3. The number of rotatable bonds is 30. The molecular formula is C103H132O22. The summed E-state index contributed by atoms with van der Waals surface area (Å²) in [7, 11) is 0. The van der Waals surface area contributed by atoms with E-state index < -0.39 is 68.9 Å². The van der Waals surface area contributed by atoms with Crippen molar-refractivity contribution in [3.8, 4) is 63.2 Å². The fraction of sp³-hybridized carbons (Fsp3) is 0.485. The molecule has 2 spiro atoms. The first kappa shape index (κ1) is 97.7. The lowest BCUT2D eigenvalue weighted by Crippen LogP contribution is -2.34. The van der Waals surface area contributed by atoms with Crippen molar-refractivity contribution in [3.05, 3.63) is 210 Å². The van der Waals surface area contributed by atoms with E-state index in [4.69, 9.17) is 80.5 Å². The van der Waals surface area contributed by atoms with Gasteiger partial charge in [-0.15, -0.1) is 0 Å². The molecule has 2 aliphatic carbocycles. The average Bonchev–Trinajstić information content (AvgIpc) is 1.59. The lowest BCUT2D eigenvalue weighted by Gasteiger charge is -2.31. The Morgan fingerprint density at radius 1 is 0.400 bits per heavy atom. The Hall–Kier alpha value is -11.1. The normalized spacial score (nSPS) is 17.8. The maximum atomic E-state index is 12.4. The summed E-state index contributed by atoms with van der Waals surface area (Å²) in [4.78, 5) is 60.7. The van der Waals surface area contributed by atoms with E-state index in [1.165, 1.54) is 0 Å². The molecule has 676 valence electrons. The van der Waals surface area contributed by atoms with Crippen LogP contribution in [0.2, 0.25) is 0 Å². The molecule has 0 saturated heterocycles. The number of carbonyl (C=O) groups is 5. The average molecular weight is 1720 g/mol. The van der Waals surface area contributed by atoms with Crippen molar-refractivity contribution in [2.45, 2.75) is 311 Å². The minimum absolute atomic E-state index is 0.206. The number of hydrogen-bond donors (Lipinski definition) is 0. The van der Waals surface area contributed by atoms with Gasteiger partial charge in [0.25, 0.3) is 11.6 Å². The molecular weight excluding hydrogens is 1590 g/mol. The number of fused-ring (bicyclic) bond motifs is 8. The van der Waals surface area contributed by atoms with Crippen LogP contribution in [-0.2, 0) is 80.4 Å². The number of carbonyl (C=O) groups excluding carboxylic acids is 5. The summed E-state index contributed by atoms with van der Waals surface area (Å²) in [6, 6.07) is 31.0. The summed E-state index contributed by atoms with van der Waals surface area (Å²) in [5.41, 5.74) is 2.35. The van der Waals surface area contributed by atoms with E-state index in [1.807, 2.05) is 187 Å². The van der Waals surface area contributed by atoms with E-state index in [0.29, 0.717) is 99.5 Å². The monoisotopic (exact) mass is 1720 g/mol. The molecule has 6 aromatic carbocycles. The highest BCUT2D eigenvalue weighted by molar-refractivity contribution is 5.96. The van der Waals surface area contributed by atoms with Crippen LogP contribution in [0, 0.1) is 0 Å². The molecule has 0 N–H and O–H groups in total. The van der Waals surface area contributed by atoms with Crippen LogP contribution < -0.4 is 52.1 Å². The molecule has 2 saturated carbocycles. The number of esters is 5. The molecule has 0 bridgehead atoms. The minimum atomic E-state index is -0.927. The summed E-state index contributed by atoms with van der Waals surface area (Å²) in [6.07, 6.45) is 20.3. The van der Waals surface area contributed by atoms with Crippen molar-refractivity contribution in [2.24, 2.45) is 0 Å². The van der Waals surface area contributed by atoms with Crippen molar-refractivity contribution >= 4 is 40.6 Å². The molecule has 5 heterocycles. The molecule has 22 nitrogen and oxygen atoms in total. The van der Waals surface area contributed by atoms with Crippen molar-refractivity contribution < 1.29 is 104 Å². The van der Waals surface area contributed by atoms with E-state index >= 15 is 0 Å². The highest BCUT2D eigenvalue weighted by Gasteiger charge is 2.51. The van der Waals surface area contributed by atoms with Gasteiger partial charge in [-0.1, -0.05) is 160 Å². The third-order valence-corrected chi connectivity index (χ3v) is 22.4. The third kappa shape index (κ3) is 23.7. The second-order valence-corrected chi connectivity index (χ2v) is 35.6. The molecule has 7 aliphatic rings. The second-order valence-electron chi connectivity index (χ2n) is 35.6. The van der Waals surface area contributed by atoms with Gasteiger partial charge in [-0.2, -0.15) is 0 Å². The second kappa shape index (κ2) is 40.0. The van der Waals surface area contributed by atoms with Crippen molar-refractivity contribution in [2.75, 3.05) is 13.4 Å². The first-order chi connectivity index (χ1) is 58.7. The summed E-state index contributed by atoms with van der Waals surface area (Å²) in [5, 5.41) is 2.04. The molecule has 5 atom stereocenters. The fourth-order valence-electron chi connectivity index (χ4n) is 16.1. The van der Waals surface area contributed by atoms with Crippen LogP contribution in [0.25, 0.3) is 10.8 Å². The molecule has 125 heavy (non-hydrogen) atoms. The van der Waals surface area contributed by atoms with Gasteiger partial charge in [0.1, 0.15) is 33.8 Å². The van der Waals surface area contributed by atoms with Crippen LogP contribution in [0.5, 0.6) is 63.2 Å². The maximum absolute atomic E-state index is 12.4. The number of ether oxygens (including phenoxy) is 17. The zero-order valence-corrected chi connectivity index (χ0v) is 77.6. The van der Waals surface area contributed by atoms with E-state index in [9.17, 15) is 24.0 Å². The first-order valence-electron chi connectivity index (χ1n) is 43.7. The fourth-order valence-corrected chi connectivity index (χ4v) is 16.1. The predicted octanol–water partition coefficient (Wildman–Crippen LogP) is 24.6. The van der Waals surface area contributed by atoms with Crippen molar-refractivity contribution in [3.63, 3.8) is 0 Å². The van der Waals surface area contributed by atoms with Crippen molar-refractivity contribution in [1.29, 1.82) is 0 Å². The summed E-state index contributed by atoms with van der Waals surface area (Å²) in [6.45, 7) is 61.9. The summed E-state index contributed by atoms with van der Waals surface area (Å²) < 4.78 is 100.0. The molecule has 0 radical (unpaired) electrons. The van der Waals surface area contributed by atoms with E-state index in [-0.39, 0.29) is 24.7 Å². The molecule has 22 heteroatoms. The summed E-state index contributed by atoms with van der Waals surface area (Å²) >= 11 is 0. The Balaban J connectivity index is 0.000000177. The standard InChI is InChI=1S/C24H28O4.C21H28O6.C20H26O4.C20H30O4.C18H20O4/c1-5-12-23(4,28-22(25)16(2)3)19-15-20-21(18-11-7-6-10-17(18)19)27-24(26-20)13-8-9-14-24;1-9-10-21(8,27-18(22)12(2)3)13-11-14-16(25-19(4,5)23-14)17-15(13)24-20(6,7)26-17;1-5-10-19(4,24-18(21)14(2)3)15-8-9-16-17(13-15)23-20(22-16)11-6-7-12-20;1-8-14-20(7,24-18(21)15(3)4)16-10-12-17(13-11-16)23-19(5,6)22-9-2;1-5-6-7-10-18(4,22-17(19)13(2)3)14-8-9-15-16(11-14)21-12-20-15/h6-7,10-11,15H,2,5,8-9,12-14H2,1,3-4H3;11H,2,9-10H2,1,3-8H3;8-9,13H,2,5-7,10-12H2,1,3-4H3;10-13H,3,8-9,14H2,1-2,4-7H3;5-9,11H,1-2,10,12H2,3-4H3/b;;;;7-6+. The van der Waals surface area contributed by atoms with Gasteiger partial charge in [-0.05, 0) is 198 Å². The van der Waals surface area contributed by atoms with Crippen molar-refractivity contribution in [1.82, 2.24) is 0 Å². The number of allylic oxidation sites excluding steroid dienone is 2. The van der Waals surface area contributed by atoms with E-state index in [0.717, 1.165) is 146 Å². The number of benzene rings is 6.